The van der Waals surface area contributed by atoms with Crippen molar-refractivity contribution < 1.29 is 27.1 Å². The number of aromatic nitrogens is 2. The number of sulfonamides is 1. The Labute approximate surface area is 288 Å². The molecule has 49 heavy (non-hydrogen) atoms. The van der Waals surface area contributed by atoms with Crippen molar-refractivity contribution in [1.29, 1.82) is 0 Å². The highest BCUT2D eigenvalue weighted by molar-refractivity contribution is 7.89. The van der Waals surface area contributed by atoms with Gasteiger partial charge < -0.3 is 14.0 Å². The fraction of sp³-hybridized carbons (Fsp3) is 0.282. The van der Waals surface area contributed by atoms with E-state index in [0.717, 1.165) is 22.4 Å². The highest BCUT2D eigenvalue weighted by atomic mass is 32.2. The second kappa shape index (κ2) is 15.6. The van der Waals surface area contributed by atoms with Crippen LogP contribution in [-0.2, 0) is 38.0 Å². The van der Waals surface area contributed by atoms with E-state index in [4.69, 9.17) is 14.5 Å². The average Bonchev–Trinajstić information content (AvgIpc) is 3.54. The van der Waals surface area contributed by atoms with E-state index in [1.807, 2.05) is 67.1 Å². The summed E-state index contributed by atoms with van der Waals surface area (Å²) in [6, 6.07) is 36.4. The predicted molar refractivity (Wildman–Crippen MR) is 188 cm³/mol. The smallest absolute Gasteiger partial charge is 0.430 e. The van der Waals surface area contributed by atoms with Crippen molar-refractivity contribution >= 4 is 16.2 Å². The Morgan fingerprint density at radius 2 is 1.37 bits per heavy atom. The van der Waals surface area contributed by atoms with Crippen LogP contribution in [0.2, 0.25) is 0 Å². The van der Waals surface area contributed by atoms with Crippen molar-refractivity contribution in [3.05, 3.63) is 162 Å². The maximum Gasteiger partial charge on any atom is 0.509 e. The molecule has 0 saturated heterocycles. The van der Waals surface area contributed by atoms with Gasteiger partial charge in [0.05, 0.1) is 12.0 Å². The van der Waals surface area contributed by atoms with Gasteiger partial charge in [0, 0.05) is 12.7 Å². The first-order valence-electron chi connectivity index (χ1n) is 16.3. The van der Waals surface area contributed by atoms with Gasteiger partial charge in [-0.3, -0.25) is 0 Å². The Kier molecular flexibility index (Phi) is 11.3. The highest BCUT2D eigenvalue weighted by Gasteiger charge is 2.38. The van der Waals surface area contributed by atoms with E-state index in [2.05, 4.69) is 45.7 Å². The topological polar surface area (TPSA) is 99.5 Å². The van der Waals surface area contributed by atoms with E-state index in [1.54, 1.807) is 20.8 Å². The van der Waals surface area contributed by atoms with Crippen molar-refractivity contribution in [2.24, 2.45) is 0 Å². The van der Waals surface area contributed by atoms with Gasteiger partial charge in [0.25, 0.3) is 0 Å². The Morgan fingerprint density at radius 1 is 0.837 bits per heavy atom. The second-order valence-electron chi connectivity index (χ2n) is 12.9. The number of rotatable bonds is 14. The van der Waals surface area contributed by atoms with Gasteiger partial charge in [-0.2, -0.15) is 0 Å². The van der Waals surface area contributed by atoms with Gasteiger partial charge in [0.1, 0.15) is 28.8 Å². The first-order chi connectivity index (χ1) is 23.4. The maximum absolute atomic E-state index is 13.3. The summed E-state index contributed by atoms with van der Waals surface area (Å²) in [5, 5.41) is 0. The van der Waals surface area contributed by atoms with Crippen molar-refractivity contribution in [2.75, 3.05) is 5.75 Å². The molecule has 1 aromatic heterocycles. The predicted octanol–water partition coefficient (Wildman–Crippen LogP) is 7.63. The van der Waals surface area contributed by atoms with Crippen molar-refractivity contribution in [3.8, 4) is 0 Å². The van der Waals surface area contributed by atoms with Crippen LogP contribution in [-0.4, -0.2) is 41.6 Å². The Bertz CT molecular complexity index is 1800. The van der Waals surface area contributed by atoms with Crippen LogP contribution in [0.15, 0.2) is 128 Å². The average molecular weight is 684 g/mol. The molecule has 0 aliphatic rings. The molecule has 5 aromatic rings. The first kappa shape index (κ1) is 35.5. The van der Waals surface area contributed by atoms with Crippen molar-refractivity contribution in [1.82, 2.24) is 14.3 Å². The lowest BCUT2D eigenvalue weighted by molar-refractivity contribution is -0.0242. The summed E-state index contributed by atoms with van der Waals surface area (Å²) in [6.45, 7) is 5.11. The van der Waals surface area contributed by atoms with Crippen LogP contribution < -0.4 is 4.72 Å². The van der Waals surface area contributed by atoms with Gasteiger partial charge in [-0.15, -0.1) is 0 Å². The zero-order chi connectivity index (χ0) is 34.9. The van der Waals surface area contributed by atoms with Crippen molar-refractivity contribution in [3.63, 3.8) is 0 Å². The molecule has 8 nitrogen and oxygen atoms in total. The van der Waals surface area contributed by atoms with Gasteiger partial charge >= 0.3 is 6.16 Å². The molecule has 0 bridgehead atoms. The number of aryl methyl sites for hydroxylation is 1. The lowest BCUT2D eigenvalue weighted by atomic mass is 9.77. The number of hydrogen-bond donors (Lipinski definition) is 1. The third-order valence-corrected chi connectivity index (χ3v) is 9.42. The Morgan fingerprint density at radius 3 is 1.88 bits per heavy atom. The summed E-state index contributed by atoms with van der Waals surface area (Å²) in [5.74, 6) is -0.866. The molecule has 10 heteroatoms. The minimum atomic E-state index is -3.88. The lowest BCUT2D eigenvalue weighted by Crippen LogP contribution is -2.37. The van der Waals surface area contributed by atoms with E-state index in [-0.39, 0.29) is 13.0 Å². The fourth-order valence-electron chi connectivity index (χ4n) is 5.86. The van der Waals surface area contributed by atoms with E-state index in [9.17, 15) is 17.6 Å². The van der Waals surface area contributed by atoms with E-state index >= 15 is 0 Å². The van der Waals surface area contributed by atoms with Gasteiger partial charge in [-0.25, -0.2) is 27.3 Å². The van der Waals surface area contributed by atoms with Crippen LogP contribution >= 0.6 is 0 Å². The highest BCUT2D eigenvalue weighted by Crippen LogP contribution is 2.40. The molecule has 1 N–H and O–H groups in total. The molecule has 0 amide bonds. The zero-order valence-electron chi connectivity index (χ0n) is 28.0. The van der Waals surface area contributed by atoms with Crippen LogP contribution in [0.5, 0.6) is 0 Å². The number of nitrogens with zero attached hydrogens (tertiary/aromatic N) is 2. The summed E-state index contributed by atoms with van der Waals surface area (Å²) < 4.78 is 55.0. The standard InChI is InChI=1S/C39H42FN3O5S/c1-38(2,3)48-37(44)47-36(28-49(45,46)42-26-30-22-24-34(40)25-23-30)21-13-20-35-27-43(29-41-35)39(31-14-7-4-8-15-31,32-16-9-5-10-17-32)33-18-11-6-12-19-33/h4-12,14-19,22-25,27,29,36,42H,13,20-21,26,28H2,1-3H3. The minimum absolute atomic E-state index is 0.0226. The third kappa shape index (κ3) is 9.43. The van der Waals surface area contributed by atoms with Gasteiger partial charge in [0.2, 0.25) is 10.0 Å². The minimum Gasteiger partial charge on any atom is -0.430 e. The van der Waals surface area contributed by atoms with E-state index in [0.29, 0.717) is 18.4 Å². The summed E-state index contributed by atoms with van der Waals surface area (Å²) in [6.07, 6.45) is 3.21. The second-order valence-corrected chi connectivity index (χ2v) is 14.8. The Hall–Kier alpha value is -4.80. The number of benzene rings is 4. The van der Waals surface area contributed by atoms with Crippen LogP contribution in [0, 0.1) is 5.82 Å². The molecule has 0 aliphatic carbocycles. The number of carbonyl (C=O) groups excluding carboxylic acids is 1. The summed E-state index contributed by atoms with van der Waals surface area (Å²) in [5.41, 5.74) is 3.10. The summed E-state index contributed by atoms with van der Waals surface area (Å²) in [4.78, 5) is 17.4. The lowest BCUT2D eigenvalue weighted by Gasteiger charge is -2.37. The molecule has 1 heterocycles. The quantitative estimate of drug-likeness (QED) is 0.0955. The normalized spacial score (nSPS) is 12.7. The van der Waals surface area contributed by atoms with E-state index < -0.39 is 45.0 Å². The number of nitrogens with one attached hydrogen (secondary N) is 1. The molecule has 256 valence electrons. The summed E-state index contributed by atoms with van der Waals surface area (Å²) in [7, 11) is -3.88. The number of halogens is 1. The van der Waals surface area contributed by atoms with E-state index in [1.165, 1.54) is 24.3 Å². The number of hydrogen-bond acceptors (Lipinski definition) is 6. The number of imidazole rings is 1. The Balaban J connectivity index is 1.36. The van der Waals surface area contributed by atoms with Crippen LogP contribution in [0.4, 0.5) is 9.18 Å². The SMILES string of the molecule is CC(C)(C)OC(=O)OC(CCCc1cn(C(c2ccccc2)(c2ccccc2)c2ccccc2)cn1)CS(=O)(=O)NCc1ccc(F)cc1. The molecule has 1 atom stereocenters. The maximum atomic E-state index is 13.3. The largest absolute Gasteiger partial charge is 0.509 e. The first-order valence-corrected chi connectivity index (χ1v) is 17.9. The van der Waals surface area contributed by atoms with Gasteiger partial charge in [0.15, 0.2) is 0 Å². The van der Waals surface area contributed by atoms with Gasteiger partial charge in [-0.05, 0) is 74.4 Å². The molecule has 1 unspecified atom stereocenters. The number of carbonyl (C=O) groups is 1. The molecule has 0 saturated carbocycles. The summed E-state index contributed by atoms with van der Waals surface area (Å²) >= 11 is 0. The van der Waals surface area contributed by atoms with Crippen molar-refractivity contribution in [2.45, 2.75) is 63.8 Å². The fourth-order valence-corrected chi connectivity index (χ4v) is 7.09. The third-order valence-electron chi connectivity index (χ3n) is 8.02. The molecular formula is C39H42FN3O5S. The molecule has 0 spiro atoms. The van der Waals surface area contributed by atoms with Crippen LogP contribution in [0.25, 0.3) is 0 Å². The molecule has 0 aliphatic heterocycles. The molecule has 0 fully saturated rings. The van der Waals surface area contributed by atoms with Crippen LogP contribution in [0.3, 0.4) is 0 Å². The monoisotopic (exact) mass is 683 g/mol. The molecule has 4 aromatic carbocycles. The number of ether oxygens (including phenoxy) is 2. The molecule has 5 rings (SSSR count). The molecular weight excluding hydrogens is 642 g/mol. The molecule has 0 radical (unpaired) electrons. The van der Waals surface area contributed by atoms with Crippen LogP contribution in [0.1, 0.15) is 61.6 Å². The zero-order valence-corrected chi connectivity index (χ0v) is 28.8. The van der Waals surface area contributed by atoms with Gasteiger partial charge in [-0.1, -0.05) is 103 Å².